The van der Waals surface area contributed by atoms with Gasteiger partial charge in [0.1, 0.15) is 12.4 Å². The number of nitrogens with one attached hydrogen (secondary N) is 1. The van der Waals surface area contributed by atoms with Crippen molar-refractivity contribution < 1.29 is 14.6 Å². The minimum atomic E-state index is -0.738. The van der Waals surface area contributed by atoms with Gasteiger partial charge in [-0.3, -0.25) is 0 Å². The largest absolute Gasteiger partial charge is 0.494 e. The van der Waals surface area contributed by atoms with Gasteiger partial charge in [0.25, 0.3) is 0 Å². The maximum Gasteiger partial charge on any atom is 0.229 e. The summed E-state index contributed by atoms with van der Waals surface area (Å²) in [6, 6.07) is 5.70. The van der Waals surface area contributed by atoms with Gasteiger partial charge in [-0.1, -0.05) is 0 Å². The van der Waals surface area contributed by atoms with Gasteiger partial charge in [-0.15, -0.1) is 0 Å². The summed E-state index contributed by atoms with van der Waals surface area (Å²) in [5.74, 6) is 2.15. The highest BCUT2D eigenvalue weighted by atomic mass is 16.5. The number of ether oxygens (including phenoxy) is 2. The van der Waals surface area contributed by atoms with Gasteiger partial charge >= 0.3 is 0 Å². The lowest BCUT2D eigenvalue weighted by Crippen LogP contribution is -2.40. The molecule has 0 fully saturated rings. The molecule has 2 N–H and O–H groups in total. The van der Waals surface area contributed by atoms with Gasteiger partial charge in [0.05, 0.1) is 31.0 Å². The molecule has 0 saturated heterocycles. The summed E-state index contributed by atoms with van der Waals surface area (Å²) in [5, 5.41) is 13.1. The van der Waals surface area contributed by atoms with Crippen molar-refractivity contribution in [2.75, 3.05) is 31.0 Å². The number of aromatic nitrogens is 4. The average molecular weight is 368 g/mol. The molecule has 9 nitrogen and oxygen atoms in total. The molecule has 140 valence electrons. The van der Waals surface area contributed by atoms with Gasteiger partial charge < -0.3 is 29.4 Å². The van der Waals surface area contributed by atoms with Crippen molar-refractivity contribution in [1.29, 1.82) is 0 Å². The fraction of sp³-hybridized carbons (Fsp3) is 0.278. The van der Waals surface area contributed by atoms with Gasteiger partial charge in [-0.05, 0) is 19.1 Å². The first kappa shape index (κ1) is 17.1. The number of anilines is 3. The van der Waals surface area contributed by atoms with Gasteiger partial charge in [-0.25, -0.2) is 9.97 Å². The number of aliphatic hydroxyl groups excluding tert-OH is 1. The zero-order chi connectivity index (χ0) is 19.0. The van der Waals surface area contributed by atoms with Gasteiger partial charge in [-0.2, -0.15) is 4.98 Å². The van der Waals surface area contributed by atoms with E-state index in [1.54, 1.807) is 31.6 Å². The number of aliphatic hydroxyl groups is 1. The monoisotopic (exact) mass is 368 g/mol. The number of benzene rings is 1. The molecule has 1 atom stereocenters. The molecule has 9 heteroatoms. The lowest BCUT2D eigenvalue weighted by atomic mass is 10.2. The van der Waals surface area contributed by atoms with E-state index < -0.39 is 6.23 Å². The minimum Gasteiger partial charge on any atom is -0.494 e. The molecule has 1 aliphatic rings. The third-order valence-corrected chi connectivity index (χ3v) is 4.33. The molecule has 4 rings (SSSR count). The van der Waals surface area contributed by atoms with Crippen LogP contribution in [-0.2, 0) is 0 Å². The van der Waals surface area contributed by atoms with Crippen LogP contribution in [0.4, 0.5) is 17.5 Å². The number of imidazole rings is 1. The van der Waals surface area contributed by atoms with E-state index >= 15 is 0 Å². The Morgan fingerprint density at radius 2 is 2.19 bits per heavy atom. The van der Waals surface area contributed by atoms with Crippen LogP contribution in [0.2, 0.25) is 0 Å². The standard InChI is InChI=1S/C18H20N6O3/c1-11-8-24(10-20-11)13-5-4-12(6-14(13)26-3)21-18-19-7-15-17(22-18)23(2)16(25)9-27-15/h4-8,10,16,25H,9H2,1-3H3,(H,19,21,22)/t16-/m0/s1. The fourth-order valence-corrected chi connectivity index (χ4v) is 2.84. The molecule has 0 saturated carbocycles. The van der Waals surface area contributed by atoms with Crippen molar-refractivity contribution in [3.8, 4) is 17.2 Å². The molecule has 0 aliphatic carbocycles. The summed E-state index contributed by atoms with van der Waals surface area (Å²) < 4.78 is 12.9. The van der Waals surface area contributed by atoms with E-state index in [0.717, 1.165) is 17.1 Å². The van der Waals surface area contributed by atoms with Crippen LogP contribution in [0, 0.1) is 6.92 Å². The Balaban J connectivity index is 1.62. The fourth-order valence-electron chi connectivity index (χ4n) is 2.84. The van der Waals surface area contributed by atoms with Crippen LogP contribution in [0.1, 0.15) is 5.69 Å². The maximum atomic E-state index is 9.91. The normalized spacial score (nSPS) is 15.9. The zero-order valence-electron chi connectivity index (χ0n) is 15.2. The van der Waals surface area contributed by atoms with Crippen molar-refractivity contribution in [1.82, 2.24) is 19.5 Å². The SMILES string of the molecule is COc1cc(Nc2ncc3c(n2)N(C)[C@@H](O)CO3)ccc1-n1cnc(C)c1. The van der Waals surface area contributed by atoms with E-state index in [0.29, 0.717) is 23.3 Å². The average Bonchev–Trinajstić information content (AvgIpc) is 3.11. The Bertz CT molecular complexity index is 973. The third kappa shape index (κ3) is 3.24. The van der Waals surface area contributed by atoms with Crippen molar-refractivity contribution in [2.24, 2.45) is 0 Å². The van der Waals surface area contributed by atoms with E-state index in [4.69, 9.17) is 9.47 Å². The summed E-state index contributed by atoms with van der Waals surface area (Å²) in [6.07, 6.45) is 4.53. The number of fused-ring (bicyclic) bond motifs is 1. The molecule has 2 aromatic heterocycles. The quantitative estimate of drug-likeness (QED) is 0.720. The second kappa shape index (κ2) is 6.76. The first-order valence-electron chi connectivity index (χ1n) is 8.42. The van der Waals surface area contributed by atoms with Crippen LogP contribution in [-0.4, -0.2) is 51.6 Å². The second-order valence-electron chi connectivity index (χ2n) is 6.22. The van der Waals surface area contributed by atoms with Gasteiger partial charge in [0.15, 0.2) is 17.8 Å². The molecular weight excluding hydrogens is 348 g/mol. The third-order valence-electron chi connectivity index (χ3n) is 4.33. The molecule has 0 bridgehead atoms. The van der Waals surface area contributed by atoms with E-state index in [-0.39, 0.29) is 6.61 Å². The maximum absolute atomic E-state index is 9.91. The molecular formula is C18H20N6O3. The summed E-state index contributed by atoms with van der Waals surface area (Å²) in [7, 11) is 3.38. The van der Waals surface area contributed by atoms with Gasteiger partial charge in [0.2, 0.25) is 5.95 Å². The number of methoxy groups -OCH3 is 1. The highest BCUT2D eigenvalue weighted by molar-refractivity contribution is 5.64. The number of rotatable bonds is 4. The van der Waals surface area contributed by atoms with E-state index in [1.807, 2.05) is 35.9 Å². The van der Waals surface area contributed by atoms with Crippen LogP contribution in [0.5, 0.6) is 11.5 Å². The Hall–Kier alpha value is -3.33. The smallest absolute Gasteiger partial charge is 0.229 e. The van der Waals surface area contributed by atoms with E-state index in [1.165, 1.54) is 0 Å². The van der Waals surface area contributed by atoms with Crippen LogP contribution < -0.4 is 19.7 Å². The summed E-state index contributed by atoms with van der Waals surface area (Å²) in [4.78, 5) is 14.6. The molecule has 0 amide bonds. The predicted octanol–water partition coefficient (Wildman–Crippen LogP) is 1.87. The first-order valence-corrected chi connectivity index (χ1v) is 8.42. The van der Waals surface area contributed by atoms with Crippen LogP contribution in [0.3, 0.4) is 0 Å². The Morgan fingerprint density at radius 3 is 2.93 bits per heavy atom. The van der Waals surface area contributed by atoms with Gasteiger partial charge in [0, 0.05) is 25.0 Å². The number of nitrogens with zero attached hydrogens (tertiary/aromatic N) is 5. The topological polar surface area (TPSA) is 97.6 Å². The van der Waals surface area contributed by atoms with Crippen molar-refractivity contribution in [2.45, 2.75) is 13.2 Å². The van der Waals surface area contributed by atoms with Crippen LogP contribution >= 0.6 is 0 Å². The predicted molar refractivity (Wildman–Crippen MR) is 100 cm³/mol. The number of hydrogen-bond acceptors (Lipinski definition) is 8. The second-order valence-corrected chi connectivity index (χ2v) is 6.22. The molecule has 3 aromatic rings. The molecule has 1 aromatic carbocycles. The highest BCUT2D eigenvalue weighted by Crippen LogP contribution is 2.32. The number of likely N-dealkylation sites (N-methyl/N-ethyl adjacent to an activating group) is 1. The molecule has 0 spiro atoms. The van der Waals surface area contributed by atoms with Crippen LogP contribution in [0.15, 0.2) is 36.9 Å². The Labute approximate surface area is 156 Å². The van der Waals surface area contributed by atoms with Crippen molar-refractivity contribution in [3.05, 3.63) is 42.6 Å². The summed E-state index contributed by atoms with van der Waals surface area (Å²) in [5.41, 5.74) is 2.58. The lowest BCUT2D eigenvalue weighted by molar-refractivity contribution is 0.0940. The molecule has 3 heterocycles. The Morgan fingerprint density at radius 1 is 1.33 bits per heavy atom. The van der Waals surface area contributed by atoms with Crippen LogP contribution in [0.25, 0.3) is 5.69 Å². The summed E-state index contributed by atoms with van der Waals surface area (Å²) in [6.45, 7) is 2.12. The van der Waals surface area contributed by atoms with E-state index in [2.05, 4.69) is 20.3 Å². The zero-order valence-corrected chi connectivity index (χ0v) is 15.2. The summed E-state index contributed by atoms with van der Waals surface area (Å²) >= 11 is 0. The Kier molecular flexibility index (Phi) is 4.28. The van der Waals surface area contributed by atoms with Crippen molar-refractivity contribution in [3.63, 3.8) is 0 Å². The molecule has 0 unspecified atom stereocenters. The molecule has 1 aliphatic heterocycles. The number of aryl methyl sites for hydroxylation is 1. The highest BCUT2D eigenvalue weighted by Gasteiger charge is 2.25. The lowest BCUT2D eigenvalue weighted by Gasteiger charge is -2.31. The van der Waals surface area contributed by atoms with E-state index in [9.17, 15) is 5.11 Å². The molecule has 0 radical (unpaired) electrons. The number of hydrogen-bond donors (Lipinski definition) is 2. The first-order chi connectivity index (χ1) is 13.0. The van der Waals surface area contributed by atoms with Crippen molar-refractivity contribution >= 4 is 17.5 Å². The molecule has 27 heavy (non-hydrogen) atoms. The minimum absolute atomic E-state index is 0.187.